The molecular weight excluding hydrogens is 254 g/mol. The molecule has 0 amide bonds. The second kappa shape index (κ2) is 7.84. The van der Waals surface area contributed by atoms with Gasteiger partial charge in [0.2, 0.25) is 17.8 Å². The topological polar surface area (TPSA) is 69.2 Å². The first kappa shape index (κ1) is 16.4. The fourth-order valence-corrected chi connectivity index (χ4v) is 1.88. The highest BCUT2D eigenvalue weighted by Crippen LogP contribution is 2.12. The van der Waals surface area contributed by atoms with Crippen LogP contribution in [0.2, 0.25) is 0 Å². The first-order chi connectivity index (χ1) is 9.49. The Morgan fingerprint density at radius 2 is 1.65 bits per heavy atom. The molecule has 1 unspecified atom stereocenters. The van der Waals surface area contributed by atoms with Crippen molar-refractivity contribution in [2.45, 2.75) is 26.8 Å². The Kier molecular flexibility index (Phi) is 6.44. The number of hydrogen-bond donors (Lipinski definition) is 2. The van der Waals surface area contributed by atoms with Gasteiger partial charge in [-0.1, -0.05) is 13.8 Å². The van der Waals surface area contributed by atoms with Gasteiger partial charge in [-0.2, -0.15) is 15.0 Å². The molecule has 7 heteroatoms. The molecule has 2 N–H and O–H groups in total. The van der Waals surface area contributed by atoms with Crippen LogP contribution in [0.1, 0.15) is 20.8 Å². The van der Waals surface area contributed by atoms with E-state index >= 15 is 0 Å². The van der Waals surface area contributed by atoms with Crippen molar-refractivity contribution in [1.82, 2.24) is 19.9 Å². The van der Waals surface area contributed by atoms with Crippen molar-refractivity contribution in [3.05, 3.63) is 0 Å². The summed E-state index contributed by atoms with van der Waals surface area (Å²) in [6.45, 7) is 9.53. The fourth-order valence-electron chi connectivity index (χ4n) is 1.88. The number of nitrogens with one attached hydrogen (secondary N) is 2. The summed E-state index contributed by atoms with van der Waals surface area (Å²) in [7, 11) is 5.63. The quantitative estimate of drug-likeness (QED) is 0.740. The van der Waals surface area contributed by atoms with Gasteiger partial charge in [0.15, 0.2) is 0 Å². The minimum atomic E-state index is 0.275. The molecule has 0 spiro atoms. The van der Waals surface area contributed by atoms with Crippen LogP contribution in [0.4, 0.5) is 17.8 Å². The molecule has 0 saturated carbocycles. The molecule has 0 fully saturated rings. The highest BCUT2D eigenvalue weighted by atomic mass is 15.3. The lowest BCUT2D eigenvalue weighted by Gasteiger charge is -2.23. The van der Waals surface area contributed by atoms with Crippen LogP contribution in [-0.2, 0) is 0 Å². The zero-order valence-electron chi connectivity index (χ0n) is 13.4. The standard InChI is InChI=1S/C13H27N7/c1-7-20(8-2)9-10(3)15-12-16-11(14-4)17-13(18-12)19(5)6/h10H,7-9H2,1-6H3,(H2,14,15,16,17,18). The fraction of sp³-hybridized carbons (Fsp3) is 0.769. The summed E-state index contributed by atoms with van der Waals surface area (Å²) < 4.78 is 0. The molecule has 1 atom stereocenters. The van der Waals surface area contributed by atoms with Gasteiger partial charge < -0.3 is 20.4 Å². The van der Waals surface area contributed by atoms with Crippen molar-refractivity contribution in [1.29, 1.82) is 0 Å². The van der Waals surface area contributed by atoms with Crippen LogP contribution >= 0.6 is 0 Å². The van der Waals surface area contributed by atoms with Gasteiger partial charge in [0.05, 0.1) is 0 Å². The maximum atomic E-state index is 4.41. The lowest BCUT2D eigenvalue weighted by atomic mass is 10.3. The minimum absolute atomic E-state index is 0.275. The van der Waals surface area contributed by atoms with Gasteiger partial charge in [-0.05, 0) is 20.0 Å². The average Bonchev–Trinajstić information content (AvgIpc) is 2.44. The lowest BCUT2D eigenvalue weighted by Crippen LogP contribution is -2.35. The summed E-state index contributed by atoms with van der Waals surface area (Å²) in [6, 6.07) is 0.275. The highest BCUT2D eigenvalue weighted by molar-refractivity contribution is 5.42. The molecule has 0 bridgehead atoms. The van der Waals surface area contributed by atoms with Gasteiger partial charge in [0.25, 0.3) is 0 Å². The third kappa shape index (κ3) is 4.80. The molecule has 114 valence electrons. The van der Waals surface area contributed by atoms with Crippen LogP contribution < -0.4 is 15.5 Å². The number of anilines is 3. The molecular formula is C13H27N7. The normalized spacial score (nSPS) is 12.3. The van der Waals surface area contributed by atoms with Crippen LogP contribution in [0.5, 0.6) is 0 Å². The van der Waals surface area contributed by atoms with E-state index in [2.05, 4.69) is 51.3 Å². The van der Waals surface area contributed by atoms with Gasteiger partial charge in [-0.25, -0.2) is 0 Å². The van der Waals surface area contributed by atoms with Crippen molar-refractivity contribution >= 4 is 17.8 Å². The van der Waals surface area contributed by atoms with E-state index in [4.69, 9.17) is 0 Å². The third-order valence-corrected chi connectivity index (χ3v) is 3.05. The Bertz CT molecular complexity index is 404. The number of likely N-dealkylation sites (N-methyl/N-ethyl adjacent to an activating group) is 1. The molecule has 0 aliphatic rings. The molecule has 0 aliphatic heterocycles. The SMILES string of the molecule is CCN(CC)CC(C)Nc1nc(NC)nc(N(C)C)n1. The van der Waals surface area contributed by atoms with E-state index in [9.17, 15) is 0 Å². The number of hydrogen-bond acceptors (Lipinski definition) is 7. The first-order valence-electron chi connectivity index (χ1n) is 7.10. The Morgan fingerprint density at radius 1 is 1.05 bits per heavy atom. The summed E-state index contributed by atoms with van der Waals surface area (Å²) in [4.78, 5) is 17.3. The number of nitrogens with zero attached hydrogens (tertiary/aromatic N) is 5. The molecule has 7 nitrogen and oxygen atoms in total. The van der Waals surface area contributed by atoms with Crippen molar-refractivity contribution < 1.29 is 0 Å². The Balaban J connectivity index is 2.77. The van der Waals surface area contributed by atoms with Crippen molar-refractivity contribution in [2.75, 3.05) is 56.3 Å². The zero-order valence-corrected chi connectivity index (χ0v) is 13.4. The second-order valence-electron chi connectivity index (χ2n) is 4.96. The number of rotatable bonds is 8. The van der Waals surface area contributed by atoms with Gasteiger partial charge in [0, 0.05) is 33.7 Å². The van der Waals surface area contributed by atoms with E-state index in [1.165, 1.54) is 0 Å². The summed E-state index contributed by atoms with van der Waals surface area (Å²) >= 11 is 0. The van der Waals surface area contributed by atoms with Gasteiger partial charge in [-0.15, -0.1) is 0 Å². The van der Waals surface area contributed by atoms with Gasteiger partial charge in [0.1, 0.15) is 0 Å². The molecule has 1 heterocycles. The number of aromatic nitrogens is 3. The second-order valence-corrected chi connectivity index (χ2v) is 4.96. The monoisotopic (exact) mass is 281 g/mol. The minimum Gasteiger partial charge on any atom is -0.357 e. The summed E-state index contributed by atoms with van der Waals surface area (Å²) in [5.41, 5.74) is 0. The molecule has 0 aromatic carbocycles. The van der Waals surface area contributed by atoms with Crippen LogP contribution in [0.25, 0.3) is 0 Å². The highest BCUT2D eigenvalue weighted by Gasteiger charge is 2.11. The lowest BCUT2D eigenvalue weighted by molar-refractivity contribution is 0.294. The summed E-state index contributed by atoms with van der Waals surface area (Å²) in [6.07, 6.45) is 0. The van der Waals surface area contributed by atoms with E-state index in [-0.39, 0.29) is 6.04 Å². The molecule has 1 rings (SSSR count). The largest absolute Gasteiger partial charge is 0.357 e. The maximum absolute atomic E-state index is 4.41. The van der Waals surface area contributed by atoms with E-state index in [0.717, 1.165) is 19.6 Å². The summed E-state index contributed by atoms with van der Waals surface area (Å²) in [5.74, 6) is 1.82. The predicted octanol–water partition coefficient (Wildman–Crippen LogP) is 1.12. The smallest absolute Gasteiger partial charge is 0.231 e. The molecule has 1 aromatic rings. The molecule has 0 saturated heterocycles. The predicted molar refractivity (Wildman–Crippen MR) is 84.6 cm³/mol. The zero-order chi connectivity index (χ0) is 15.1. The first-order valence-corrected chi connectivity index (χ1v) is 7.10. The van der Waals surface area contributed by atoms with E-state index in [0.29, 0.717) is 17.8 Å². The van der Waals surface area contributed by atoms with E-state index < -0.39 is 0 Å². The van der Waals surface area contributed by atoms with E-state index in [1.54, 1.807) is 7.05 Å². The third-order valence-electron chi connectivity index (χ3n) is 3.05. The average molecular weight is 281 g/mol. The van der Waals surface area contributed by atoms with Crippen LogP contribution in [0, 0.1) is 0 Å². The van der Waals surface area contributed by atoms with Crippen molar-refractivity contribution in [3.63, 3.8) is 0 Å². The summed E-state index contributed by atoms with van der Waals surface area (Å²) in [5, 5.41) is 6.30. The molecule has 20 heavy (non-hydrogen) atoms. The van der Waals surface area contributed by atoms with Crippen LogP contribution in [0.3, 0.4) is 0 Å². The Hall–Kier alpha value is -1.63. The maximum Gasteiger partial charge on any atom is 0.231 e. The van der Waals surface area contributed by atoms with Crippen LogP contribution in [0.15, 0.2) is 0 Å². The van der Waals surface area contributed by atoms with Crippen molar-refractivity contribution in [2.24, 2.45) is 0 Å². The Labute approximate surface area is 121 Å². The van der Waals surface area contributed by atoms with Crippen molar-refractivity contribution in [3.8, 4) is 0 Å². The van der Waals surface area contributed by atoms with Gasteiger partial charge >= 0.3 is 0 Å². The van der Waals surface area contributed by atoms with Gasteiger partial charge in [-0.3, -0.25) is 0 Å². The van der Waals surface area contributed by atoms with Crippen LogP contribution in [-0.4, -0.2) is 66.7 Å². The molecule has 1 aromatic heterocycles. The molecule has 0 radical (unpaired) electrons. The van der Waals surface area contributed by atoms with E-state index in [1.807, 2.05) is 19.0 Å². The Morgan fingerprint density at radius 3 is 2.15 bits per heavy atom. The molecule has 0 aliphatic carbocycles.